The lowest BCUT2D eigenvalue weighted by Gasteiger charge is -2.29. The van der Waals surface area contributed by atoms with E-state index in [0.717, 1.165) is 19.4 Å². The third-order valence-electron chi connectivity index (χ3n) is 5.15. The molecule has 23 heavy (non-hydrogen) atoms. The van der Waals surface area contributed by atoms with Crippen molar-refractivity contribution in [2.75, 3.05) is 6.54 Å². The molecule has 2 fully saturated rings. The van der Waals surface area contributed by atoms with Crippen molar-refractivity contribution in [3.63, 3.8) is 0 Å². The van der Waals surface area contributed by atoms with Gasteiger partial charge in [0.05, 0.1) is 0 Å². The summed E-state index contributed by atoms with van der Waals surface area (Å²) in [6, 6.07) is 4.03. The minimum absolute atomic E-state index is 0.128. The van der Waals surface area contributed by atoms with E-state index in [9.17, 15) is 4.79 Å². The van der Waals surface area contributed by atoms with Gasteiger partial charge in [-0.05, 0) is 43.7 Å². The van der Waals surface area contributed by atoms with Gasteiger partial charge >= 0.3 is 0 Å². The van der Waals surface area contributed by atoms with Crippen molar-refractivity contribution >= 4 is 5.91 Å². The molecule has 1 aliphatic heterocycles. The fourth-order valence-corrected chi connectivity index (χ4v) is 4.05. The van der Waals surface area contributed by atoms with Gasteiger partial charge in [-0.25, -0.2) is 14.6 Å². The second-order valence-electron chi connectivity index (χ2n) is 6.50. The van der Waals surface area contributed by atoms with E-state index in [4.69, 9.17) is 0 Å². The van der Waals surface area contributed by atoms with Crippen LogP contribution in [-0.2, 0) is 0 Å². The number of rotatable bonds is 3. The molecule has 1 atom stereocenters. The maximum Gasteiger partial charge on any atom is 0.254 e. The largest absolute Gasteiger partial charge is 0.335 e. The van der Waals surface area contributed by atoms with Gasteiger partial charge in [-0.1, -0.05) is 12.8 Å². The van der Waals surface area contributed by atoms with Crippen molar-refractivity contribution in [3.05, 3.63) is 36.5 Å². The first-order valence-electron chi connectivity index (χ1n) is 8.45. The smallest absolute Gasteiger partial charge is 0.254 e. The summed E-state index contributed by atoms with van der Waals surface area (Å²) in [6.07, 6.45) is 12.2. The summed E-state index contributed by atoms with van der Waals surface area (Å²) in [5, 5.41) is 4.08. The molecule has 2 aromatic heterocycles. The lowest BCUT2D eigenvalue weighted by Crippen LogP contribution is -2.39. The minimum atomic E-state index is 0.128. The highest BCUT2D eigenvalue weighted by atomic mass is 16.2. The van der Waals surface area contributed by atoms with Crippen LogP contribution in [0.1, 0.15) is 48.9 Å². The van der Waals surface area contributed by atoms with Crippen LogP contribution in [0.3, 0.4) is 0 Å². The van der Waals surface area contributed by atoms with E-state index in [0.29, 0.717) is 23.3 Å². The van der Waals surface area contributed by atoms with Gasteiger partial charge in [0.25, 0.3) is 5.91 Å². The van der Waals surface area contributed by atoms with Crippen molar-refractivity contribution in [2.45, 2.75) is 44.6 Å². The number of likely N-dealkylation sites (tertiary alicyclic amines) is 1. The first kappa shape index (κ1) is 14.4. The van der Waals surface area contributed by atoms with Crippen molar-refractivity contribution in [2.24, 2.45) is 5.92 Å². The Labute approximate surface area is 135 Å². The molecule has 3 heterocycles. The summed E-state index contributed by atoms with van der Waals surface area (Å²) in [4.78, 5) is 23.3. The number of hydrogen-bond donors (Lipinski definition) is 0. The molecule has 120 valence electrons. The molecule has 6 nitrogen and oxygen atoms in total. The zero-order chi connectivity index (χ0) is 15.6. The summed E-state index contributed by atoms with van der Waals surface area (Å²) in [6.45, 7) is 0.876. The van der Waals surface area contributed by atoms with Gasteiger partial charge in [-0.3, -0.25) is 4.79 Å². The van der Waals surface area contributed by atoms with Crippen molar-refractivity contribution < 1.29 is 4.79 Å². The lowest BCUT2D eigenvalue weighted by molar-refractivity contribution is 0.0689. The summed E-state index contributed by atoms with van der Waals surface area (Å²) in [5.74, 6) is 1.45. The van der Waals surface area contributed by atoms with E-state index >= 15 is 0 Å². The van der Waals surface area contributed by atoms with Gasteiger partial charge in [-0.2, -0.15) is 5.10 Å². The molecular formula is C17H21N5O. The molecule has 0 spiro atoms. The molecule has 0 radical (unpaired) electrons. The molecule has 0 unspecified atom stereocenters. The second-order valence-corrected chi connectivity index (χ2v) is 6.50. The lowest BCUT2D eigenvalue weighted by atomic mass is 9.95. The Balaban J connectivity index is 1.57. The maximum absolute atomic E-state index is 13.0. The van der Waals surface area contributed by atoms with Crippen LogP contribution in [0.2, 0.25) is 0 Å². The number of carbonyl (C=O) groups excluding carboxylic acids is 1. The Morgan fingerprint density at radius 1 is 1.17 bits per heavy atom. The number of amides is 1. The Morgan fingerprint density at radius 3 is 2.83 bits per heavy atom. The van der Waals surface area contributed by atoms with E-state index in [-0.39, 0.29) is 5.91 Å². The average Bonchev–Trinajstić information content (AvgIpc) is 3.35. The number of pyridine rings is 1. The SMILES string of the molecule is O=C(c1ccnc(-n2cncn2)c1)N1CCC[C@H]1C1CCCC1. The van der Waals surface area contributed by atoms with Crippen molar-refractivity contribution in [1.29, 1.82) is 0 Å². The van der Waals surface area contributed by atoms with Gasteiger partial charge in [0.15, 0.2) is 5.82 Å². The second kappa shape index (κ2) is 6.10. The van der Waals surface area contributed by atoms with Crippen LogP contribution in [-0.4, -0.2) is 43.1 Å². The van der Waals surface area contributed by atoms with Crippen molar-refractivity contribution in [3.8, 4) is 5.82 Å². The number of nitrogens with zero attached hydrogens (tertiary/aromatic N) is 5. The van der Waals surface area contributed by atoms with Crippen LogP contribution >= 0.6 is 0 Å². The summed E-state index contributed by atoms with van der Waals surface area (Å²) >= 11 is 0. The zero-order valence-electron chi connectivity index (χ0n) is 13.1. The molecule has 4 rings (SSSR count). The average molecular weight is 311 g/mol. The molecule has 0 N–H and O–H groups in total. The Kier molecular flexibility index (Phi) is 3.81. The number of hydrogen-bond acceptors (Lipinski definition) is 4. The van der Waals surface area contributed by atoms with Gasteiger partial charge in [-0.15, -0.1) is 0 Å². The molecule has 0 aromatic carbocycles. The topological polar surface area (TPSA) is 63.9 Å². The number of carbonyl (C=O) groups is 1. The molecule has 1 aliphatic carbocycles. The van der Waals surface area contributed by atoms with Gasteiger partial charge in [0.2, 0.25) is 0 Å². The minimum Gasteiger partial charge on any atom is -0.335 e. The van der Waals surface area contributed by atoms with Gasteiger partial charge < -0.3 is 4.90 Å². The molecule has 1 amide bonds. The molecule has 2 aromatic rings. The fraction of sp³-hybridized carbons (Fsp3) is 0.529. The van der Waals surface area contributed by atoms with E-state index in [1.807, 2.05) is 0 Å². The van der Waals surface area contributed by atoms with Crippen LogP contribution in [0.4, 0.5) is 0 Å². The monoisotopic (exact) mass is 311 g/mol. The normalized spacial score (nSPS) is 21.9. The van der Waals surface area contributed by atoms with E-state index in [2.05, 4.69) is 20.0 Å². The highest BCUT2D eigenvalue weighted by molar-refractivity contribution is 5.95. The predicted molar refractivity (Wildman–Crippen MR) is 85.2 cm³/mol. The molecular weight excluding hydrogens is 290 g/mol. The molecule has 6 heteroatoms. The highest BCUT2D eigenvalue weighted by Gasteiger charge is 2.36. The Morgan fingerprint density at radius 2 is 2.04 bits per heavy atom. The zero-order valence-corrected chi connectivity index (χ0v) is 13.1. The molecule has 1 saturated heterocycles. The van der Waals surface area contributed by atoms with E-state index < -0.39 is 0 Å². The van der Waals surface area contributed by atoms with Crippen LogP contribution in [0.15, 0.2) is 31.0 Å². The molecule has 1 saturated carbocycles. The Bertz CT molecular complexity index is 678. The van der Waals surface area contributed by atoms with Crippen LogP contribution in [0, 0.1) is 5.92 Å². The number of aromatic nitrogens is 4. The van der Waals surface area contributed by atoms with Gasteiger partial charge in [0, 0.05) is 24.3 Å². The van der Waals surface area contributed by atoms with Crippen LogP contribution in [0.5, 0.6) is 0 Å². The summed E-state index contributed by atoms with van der Waals surface area (Å²) in [5.41, 5.74) is 0.690. The molecule has 0 bridgehead atoms. The quantitative estimate of drug-likeness (QED) is 0.873. The predicted octanol–water partition coefficient (Wildman–Crippen LogP) is 2.46. The summed E-state index contributed by atoms with van der Waals surface area (Å²) in [7, 11) is 0. The standard InChI is InChI=1S/C17H21N5O/c23-17(21-9-3-6-15(21)13-4-1-2-5-13)14-7-8-19-16(10-14)22-12-18-11-20-22/h7-8,10-13,15H,1-6,9H2/t15-/m0/s1. The van der Waals surface area contributed by atoms with Gasteiger partial charge in [0.1, 0.15) is 12.7 Å². The highest BCUT2D eigenvalue weighted by Crippen LogP contribution is 2.36. The Hall–Kier alpha value is -2.24. The van der Waals surface area contributed by atoms with Crippen LogP contribution < -0.4 is 0 Å². The third kappa shape index (κ3) is 2.73. The first-order valence-corrected chi connectivity index (χ1v) is 8.45. The van der Waals surface area contributed by atoms with E-state index in [1.165, 1.54) is 32.0 Å². The first-order chi connectivity index (χ1) is 11.3. The van der Waals surface area contributed by atoms with E-state index in [1.54, 1.807) is 29.3 Å². The summed E-state index contributed by atoms with van der Waals surface area (Å²) < 4.78 is 1.58. The van der Waals surface area contributed by atoms with Crippen LogP contribution in [0.25, 0.3) is 5.82 Å². The molecule has 2 aliphatic rings. The van der Waals surface area contributed by atoms with Crippen molar-refractivity contribution in [1.82, 2.24) is 24.6 Å². The maximum atomic E-state index is 13.0. The fourth-order valence-electron chi connectivity index (χ4n) is 4.05. The third-order valence-corrected chi connectivity index (χ3v) is 5.15.